The highest BCUT2D eigenvalue weighted by Crippen LogP contribution is 2.17. The van der Waals surface area contributed by atoms with Gasteiger partial charge < -0.3 is 4.90 Å². The molecule has 6 nitrogen and oxygen atoms in total. The van der Waals surface area contributed by atoms with Crippen LogP contribution >= 0.6 is 0 Å². The third-order valence-electron chi connectivity index (χ3n) is 3.33. The third-order valence-corrected chi connectivity index (χ3v) is 3.33. The molecule has 1 saturated heterocycles. The number of likely N-dealkylation sites (N-methyl/N-ethyl adjacent to an activating group) is 1. The number of benzene rings is 1. The van der Waals surface area contributed by atoms with E-state index in [4.69, 9.17) is 0 Å². The van der Waals surface area contributed by atoms with Gasteiger partial charge in [-0.3, -0.25) is 19.8 Å². The zero-order valence-electron chi connectivity index (χ0n) is 11.1. The van der Waals surface area contributed by atoms with Crippen molar-refractivity contribution in [1.82, 2.24) is 9.80 Å². The highest BCUT2D eigenvalue weighted by molar-refractivity contribution is 5.79. The van der Waals surface area contributed by atoms with Crippen LogP contribution in [0.4, 0.5) is 5.69 Å². The molecular weight excluding hydrogens is 246 g/mol. The number of piperazine rings is 1. The fourth-order valence-corrected chi connectivity index (χ4v) is 2.35. The van der Waals surface area contributed by atoms with Crippen molar-refractivity contribution in [3.63, 3.8) is 0 Å². The molecular formula is C13H17N3O3. The van der Waals surface area contributed by atoms with E-state index in [2.05, 4.69) is 0 Å². The fourth-order valence-electron chi connectivity index (χ4n) is 2.35. The van der Waals surface area contributed by atoms with Gasteiger partial charge in [0, 0.05) is 31.3 Å². The molecule has 0 aromatic heterocycles. The van der Waals surface area contributed by atoms with E-state index in [1.165, 1.54) is 12.1 Å². The largest absolute Gasteiger partial charge is 0.333 e. The Morgan fingerprint density at radius 2 is 2.00 bits per heavy atom. The molecule has 1 atom stereocenters. The van der Waals surface area contributed by atoms with Gasteiger partial charge in [-0.15, -0.1) is 0 Å². The maximum Gasteiger partial charge on any atom is 0.269 e. The number of rotatable bonds is 3. The maximum atomic E-state index is 12.0. The SMILES string of the molecule is CC1CN(C)CC(=O)N1Cc1ccc([N+](=O)[O-])cc1. The zero-order valence-corrected chi connectivity index (χ0v) is 11.1. The van der Waals surface area contributed by atoms with Gasteiger partial charge in [0.1, 0.15) is 0 Å². The van der Waals surface area contributed by atoms with Gasteiger partial charge in [-0.05, 0) is 19.5 Å². The van der Waals surface area contributed by atoms with Crippen LogP contribution < -0.4 is 0 Å². The molecule has 0 radical (unpaired) electrons. The first-order valence-corrected chi connectivity index (χ1v) is 6.18. The Morgan fingerprint density at radius 1 is 1.37 bits per heavy atom. The zero-order chi connectivity index (χ0) is 14.0. The lowest BCUT2D eigenvalue weighted by Crippen LogP contribution is -2.53. The molecule has 19 heavy (non-hydrogen) atoms. The average molecular weight is 263 g/mol. The molecule has 1 aromatic rings. The molecule has 1 fully saturated rings. The van der Waals surface area contributed by atoms with Crippen LogP contribution in [0.2, 0.25) is 0 Å². The lowest BCUT2D eigenvalue weighted by molar-refractivity contribution is -0.384. The first-order chi connectivity index (χ1) is 8.97. The third kappa shape index (κ3) is 3.08. The molecule has 0 spiro atoms. The van der Waals surface area contributed by atoms with E-state index in [9.17, 15) is 14.9 Å². The summed E-state index contributed by atoms with van der Waals surface area (Å²) in [5, 5.41) is 10.6. The van der Waals surface area contributed by atoms with E-state index < -0.39 is 4.92 Å². The van der Waals surface area contributed by atoms with Gasteiger partial charge in [-0.25, -0.2) is 0 Å². The number of hydrogen-bond donors (Lipinski definition) is 0. The van der Waals surface area contributed by atoms with Crippen LogP contribution in [0.1, 0.15) is 12.5 Å². The molecule has 0 bridgehead atoms. The number of carbonyl (C=O) groups excluding carboxylic acids is 1. The summed E-state index contributed by atoms with van der Waals surface area (Å²) >= 11 is 0. The molecule has 0 aliphatic carbocycles. The molecule has 1 aliphatic heterocycles. The summed E-state index contributed by atoms with van der Waals surface area (Å²) in [7, 11) is 1.93. The van der Waals surface area contributed by atoms with Crippen LogP contribution in [-0.4, -0.2) is 46.8 Å². The molecule has 1 amide bonds. The van der Waals surface area contributed by atoms with Crippen molar-refractivity contribution in [2.75, 3.05) is 20.1 Å². The summed E-state index contributed by atoms with van der Waals surface area (Å²) in [6.45, 7) is 3.79. The van der Waals surface area contributed by atoms with E-state index in [1.807, 2.05) is 23.8 Å². The van der Waals surface area contributed by atoms with Crippen molar-refractivity contribution < 1.29 is 9.72 Å². The molecule has 102 valence electrons. The minimum Gasteiger partial charge on any atom is -0.333 e. The topological polar surface area (TPSA) is 66.7 Å². The number of hydrogen-bond acceptors (Lipinski definition) is 4. The lowest BCUT2D eigenvalue weighted by Gasteiger charge is -2.38. The number of nitro groups is 1. The molecule has 0 N–H and O–H groups in total. The second-order valence-electron chi connectivity index (χ2n) is 4.99. The van der Waals surface area contributed by atoms with Crippen LogP contribution in [0.3, 0.4) is 0 Å². The fraction of sp³-hybridized carbons (Fsp3) is 0.462. The number of nitro benzene ring substituents is 1. The van der Waals surface area contributed by atoms with E-state index in [1.54, 1.807) is 12.1 Å². The van der Waals surface area contributed by atoms with E-state index in [0.717, 1.165) is 12.1 Å². The molecule has 1 heterocycles. The Balaban J connectivity index is 2.08. The van der Waals surface area contributed by atoms with Crippen LogP contribution in [0.5, 0.6) is 0 Å². The van der Waals surface area contributed by atoms with Gasteiger partial charge in [0.25, 0.3) is 5.69 Å². The Hall–Kier alpha value is -1.95. The van der Waals surface area contributed by atoms with E-state index in [-0.39, 0.29) is 17.6 Å². The average Bonchev–Trinajstić information content (AvgIpc) is 2.34. The smallest absolute Gasteiger partial charge is 0.269 e. The minimum atomic E-state index is -0.423. The molecule has 0 saturated carbocycles. The maximum absolute atomic E-state index is 12.0. The van der Waals surface area contributed by atoms with Crippen molar-refractivity contribution in [3.8, 4) is 0 Å². The van der Waals surface area contributed by atoms with Crippen LogP contribution in [0, 0.1) is 10.1 Å². The van der Waals surface area contributed by atoms with Crippen molar-refractivity contribution in [2.24, 2.45) is 0 Å². The van der Waals surface area contributed by atoms with E-state index in [0.29, 0.717) is 13.1 Å². The highest BCUT2D eigenvalue weighted by Gasteiger charge is 2.27. The van der Waals surface area contributed by atoms with Gasteiger partial charge in [0.15, 0.2) is 0 Å². The van der Waals surface area contributed by atoms with Crippen molar-refractivity contribution >= 4 is 11.6 Å². The molecule has 1 unspecified atom stereocenters. The normalized spacial score (nSPS) is 20.6. The van der Waals surface area contributed by atoms with Crippen LogP contribution in [0.15, 0.2) is 24.3 Å². The van der Waals surface area contributed by atoms with Gasteiger partial charge in [0.05, 0.1) is 11.5 Å². The van der Waals surface area contributed by atoms with Crippen LogP contribution in [-0.2, 0) is 11.3 Å². The Labute approximate surface area is 111 Å². The van der Waals surface area contributed by atoms with Crippen molar-refractivity contribution in [3.05, 3.63) is 39.9 Å². The summed E-state index contributed by atoms with van der Waals surface area (Å²) in [5.41, 5.74) is 0.983. The highest BCUT2D eigenvalue weighted by atomic mass is 16.6. The Bertz CT molecular complexity index is 486. The molecule has 1 aromatic carbocycles. The van der Waals surface area contributed by atoms with Crippen molar-refractivity contribution in [2.45, 2.75) is 19.5 Å². The standard InChI is InChI=1S/C13H17N3O3/c1-10-7-14(2)9-13(17)15(10)8-11-3-5-12(6-4-11)16(18)19/h3-6,10H,7-9H2,1-2H3. The minimum absolute atomic E-state index is 0.0708. The second-order valence-corrected chi connectivity index (χ2v) is 4.99. The van der Waals surface area contributed by atoms with Gasteiger partial charge >= 0.3 is 0 Å². The van der Waals surface area contributed by atoms with Crippen molar-refractivity contribution in [1.29, 1.82) is 0 Å². The molecule has 2 rings (SSSR count). The van der Waals surface area contributed by atoms with Gasteiger partial charge in [-0.1, -0.05) is 12.1 Å². The van der Waals surface area contributed by atoms with Gasteiger partial charge in [0.2, 0.25) is 5.91 Å². The quantitative estimate of drug-likeness (QED) is 0.608. The predicted octanol–water partition coefficient (Wildman–Crippen LogP) is 1.26. The Kier molecular flexibility index (Phi) is 3.80. The number of carbonyl (C=O) groups is 1. The second kappa shape index (κ2) is 5.36. The summed E-state index contributed by atoms with van der Waals surface area (Å²) in [6, 6.07) is 6.51. The molecule has 6 heteroatoms. The first-order valence-electron chi connectivity index (χ1n) is 6.18. The van der Waals surface area contributed by atoms with Crippen LogP contribution in [0.25, 0.3) is 0 Å². The predicted molar refractivity (Wildman–Crippen MR) is 70.6 cm³/mol. The number of non-ortho nitro benzene ring substituents is 1. The summed E-state index contributed by atoms with van der Waals surface area (Å²) in [4.78, 5) is 25.9. The molecule has 1 aliphatic rings. The lowest BCUT2D eigenvalue weighted by atomic mass is 10.1. The Morgan fingerprint density at radius 3 is 2.53 bits per heavy atom. The number of nitrogens with zero attached hydrogens (tertiary/aromatic N) is 3. The summed E-state index contributed by atoms with van der Waals surface area (Å²) < 4.78 is 0. The number of amides is 1. The first kappa shape index (κ1) is 13.5. The van der Waals surface area contributed by atoms with E-state index >= 15 is 0 Å². The summed E-state index contributed by atoms with van der Waals surface area (Å²) in [5.74, 6) is 0.0969. The monoisotopic (exact) mass is 263 g/mol. The summed E-state index contributed by atoms with van der Waals surface area (Å²) in [6.07, 6.45) is 0. The van der Waals surface area contributed by atoms with Gasteiger partial charge in [-0.2, -0.15) is 0 Å².